The summed E-state index contributed by atoms with van der Waals surface area (Å²) >= 11 is 5.76. The third kappa shape index (κ3) is 4.51. The normalized spacial score (nSPS) is 10.6. The molecule has 0 bridgehead atoms. The van der Waals surface area contributed by atoms with Gasteiger partial charge in [-0.15, -0.1) is 0 Å². The summed E-state index contributed by atoms with van der Waals surface area (Å²) in [5.41, 5.74) is 1.71. The molecule has 138 valence electrons. The molecule has 8 heteroatoms. The smallest absolute Gasteiger partial charge is 0.325 e. The highest BCUT2D eigenvalue weighted by atomic mass is 35.5. The Kier molecular flexibility index (Phi) is 5.52. The Hall–Kier alpha value is -3.19. The number of benzene rings is 1. The molecular weight excluding hydrogens is 370 g/mol. The van der Waals surface area contributed by atoms with Crippen molar-refractivity contribution in [2.24, 2.45) is 0 Å². The van der Waals surface area contributed by atoms with Crippen molar-refractivity contribution < 1.29 is 14.3 Å². The summed E-state index contributed by atoms with van der Waals surface area (Å²) in [6.45, 7) is 1.35. The van der Waals surface area contributed by atoms with E-state index in [0.717, 1.165) is 5.69 Å². The number of nitrogens with one attached hydrogen (secondary N) is 1. The molecule has 0 fully saturated rings. The standard InChI is InChI=1S/C19H16ClN3O4/c1-12-3-2-4-16-22-15(9-17(24)23(12)16)11-27-18(25)10-21-19(26)13-5-7-14(20)8-6-13/h2-9H,10-11H2,1H3,(H,21,26). The molecule has 0 aliphatic heterocycles. The van der Waals surface area contributed by atoms with Gasteiger partial charge < -0.3 is 10.1 Å². The lowest BCUT2D eigenvalue weighted by Crippen LogP contribution is -2.30. The number of aromatic nitrogens is 2. The number of hydrogen-bond acceptors (Lipinski definition) is 5. The van der Waals surface area contributed by atoms with E-state index in [4.69, 9.17) is 16.3 Å². The first-order valence-corrected chi connectivity index (χ1v) is 8.49. The zero-order chi connectivity index (χ0) is 19.4. The van der Waals surface area contributed by atoms with E-state index in [1.165, 1.54) is 10.5 Å². The van der Waals surface area contributed by atoms with Crippen LogP contribution in [0.5, 0.6) is 0 Å². The Morgan fingerprint density at radius 3 is 2.67 bits per heavy atom. The number of fused-ring (bicyclic) bond motifs is 1. The van der Waals surface area contributed by atoms with E-state index < -0.39 is 11.9 Å². The molecule has 0 spiro atoms. The van der Waals surface area contributed by atoms with Gasteiger partial charge in [0.15, 0.2) is 0 Å². The molecule has 0 unspecified atom stereocenters. The van der Waals surface area contributed by atoms with Crippen molar-refractivity contribution in [3.8, 4) is 0 Å². The zero-order valence-electron chi connectivity index (χ0n) is 14.4. The second-order valence-electron chi connectivity index (χ2n) is 5.80. The summed E-state index contributed by atoms with van der Waals surface area (Å²) in [5, 5.41) is 2.97. The van der Waals surface area contributed by atoms with Crippen LogP contribution in [0, 0.1) is 6.92 Å². The molecule has 1 aromatic carbocycles. The van der Waals surface area contributed by atoms with Crippen LogP contribution >= 0.6 is 11.6 Å². The molecule has 0 saturated carbocycles. The molecule has 1 N–H and O–H groups in total. The number of hydrogen-bond donors (Lipinski definition) is 1. The van der Waals surface area contributed by atoms with Gasteiger partial charge in [-0.05, 0) is 43.3 Å². The summed E-state index contributed by atoms with van der Waals surface area (Å²) < 4.78 is 6.55. The highest BCUT2D eigenvalue weighted by molar-refractivity contribution is 6.30. The molecule has 0 aliphatic rings. The van der Waals surface area contributed by atoms with E-state index >= 15 is 0 Å². The van der Waals surface area contributed by atoms with Gasteiger partial charge in [0.2, 0.25) is 0 Å². The van der Waals surface area contributed by atoms with Crippen LogP contribution in [0.25, 0.3) is 5.65 Å². The van der Waals surface area contributed by atoms with Gasteiger partial charge >= 0.3 is 5.97 Å². The molecule has 2 aromatic heterocycles. The first-order chi connectivity index (χ1) is 12.9. The topological polar surface area (TPSA) is 89.8 Å². The average molecular weight is 386 g/mol. The van der Waals surface area contributed by atoms with E-state index in [1.54, 1.807) is 49.4 Å². The molecule has 0 saturated heterocycles. The van der Waals surface area contributed by atoms with Gasteiger partial charge in [-0.1, -0.05) is 17.7 Å². The lowest BCUT2D eigenvalue weighted by molar-refractivity contribution is -0.143. The molecule has 3 aromatic rings. The summed E-state index contributed by atoms with van der Waals surface area (Å²) in [6.07, 6.45) is 0. The number of amides is 1. The van der Waals surface area contributed by atoms with Gasteiger partial charge in [0.1, 0.15) is 18.8 Å². The Labute approximate surface area is 159 Å². The Balaban J connectivity index is 1.58. The summed E-state index contributed by atoms with van der Waals surface area (Å²) in [7, 11) is 0. The lowest BCUT2D eigenvalue weighted by atomic mass is 10.2. The molecule has 27 heavy (non-hydrogen) atoms. The van der Waals surface area contributed by atoms with E-state index in [0.29, 0.717) is 21.9 Å². The second-order valence-corrected chi connectivity index (χ2v) is 6.23. The van der Waals surface area contributed by atoms with E-state index in [9.17, 15) is 14.4 Å². The molecule has 0 radical (unpaired) electrons. The number of nitrogens with zero attached hydrogens (tertiary/aromatic N) is 2. The number of rotatable bonds is 5. The highest BCUT2D eigenvalue weighted by Gasteiger charge is 2.10. The lowest BCUT2D eigenvalue weighted by Gasteiger charge is -2.08. The van der Waals surface area contributed by atoms with Gasteiger partial charge in [-0.25, -0.2) is 4.98 Å². The summed E-state index contributed by atoms with van der Waals surface area (Å²) in [5.74, 6) is -1.05. The van der Waals surface area contributed by atoms with Gasteiger partial charge in [0, 0.05) is 22.3 Å². The van der Waals surface area contributed by atoms with Crippen molar-refractivity contribution >= 4 is 29.1 Å². The fraction of sp³-hybridized carbons (Fsp3) is 0.158. The zero-order valence-corrected chi connectivity index (χ0v) is 15.2. The maximum Gasteiger partial charge on any atom is 0.325 e. The van der Waals surface area contributed by atoms with Gasteiger partial charge in [-0.3, -0.25) is 18.8 Å². The van der Waals surface area contributed by atoms with Crippen LogP contribution in [0.3, 0.4) is 0 Å². The highest BCUT2D eigenvalue weighted by Crippen LogP contribution is 2.09. The molecule has 3 rings (SSSR count). The van der Waals surface area contributed by atoms with E-state index in [2.05, 4.69) is 10.3 Å². The minimum Gasteiger partial charge on any atom is -0.458 e. The number of pyridine rings is 1. The second kappa shape index (κ2) is 8.01. The largest absolute Gasteiger partial charge is 0.458 e. The maximum atomic E-state index is 12.2. The average Bonchev–Trinajstić information content (AvgIpc) is 2.65. The SMILES string of the molecule is Cc1cccc2nc(COC(=O)CNC(=O)c3ccc(Cl)cc3)cc(=O)n12. The quantitative estimate of drug-likeness (QED) is 0.679. The van der Waals surface area contributed by atoms with Crippen LogP contribution in [0.15, 0.2) is 53.3 Å². The Morgan fingerprint density at radius 2 is 1.93 bits per heavy atom. The first kappa shape index (κ1) is 18.6. The minimum absolute atomic E-state index is 0.157. The van der Waals surface area contributed by atoms with Crippen LogP contribution in [-0.4, -0.2) is 27.8 Å². The fourth-order valence-electron chi connectivity index (χ4n) is 2.50. The first-order valence-electron chi connectivity index (χ1n) is 8.12. The summed E-state index contributed by atoms with van der Waals surface area (Å²) in [6, 6.07) is 12.9. The van der Waals surface area contributed by atoms with E-state index in [-0.39, 0.29) is 18.7 Å². The third-order valence-electron chi connectivity index (χ3n) is 3.81. The molecule has 7 nitrogen and oxygen atoms in total. The fourth-order valence-corrected chi connectivity index (χ4v) is 2.62. The predicted molar refractivity (Wildman–Crippen MR) is 99.8 cm³/mol. The molecule has 0 aliphatic carbocycles. The van der Waals surface area contributed by atoms with Crippen molar-refractivity contribution in [2.45, 2.75) is 13.5 Å². The van der Waals surface area contributed by atoms with E-state index in [1.807, 2.05) is 0 Å². The van der Waals surface area contributed by atoms with Gasteiger partial charge in [-0.2, -0.15) is 0 Å². The molecule has 1 amide bonds. The van der Waals surface area contributed by atoms with Crippen molar-refractivity contribution in [3.05, 3.63) is 80.9 Å². The van der Waals surface area contributed by atoms with Crippen LogP contribution in [0.1, 0.15) is 21.7 Å². The minimum atomic E-state index is -0.636. The molecular formula is C19H16ClN3O4. The molecule has 0 atom stereocenters. The summed E-state index contributed by atoms with van der Waals surface area (Å²) in [4.78, 5) is 40.3. The van der Waals surface area contributed by atoms with Crippen LogP contribution in [0.4, 0.5) is 0 Å². The third-order valence-corrected chi connectivity index (χ3v) is 4.07. The van der Waals surface area contributed by atoms with Gasteiger partial charge in [0.05, 0.1) is 5.69 Å². The van der Waals surface area contributed by atoms with Crippen LogP contribution in [-0.2, 0) is 16.1 Å². The number of ether oxygens (including phenoxy) is 1. The van der Waals surface area contributed by atoms with Crippen LogP contribution < -0.4 is 10.9 Å². The number of halogens is 1. The van der Waals surface area contributed by atoms with Crippen LogP contribution in [0.2, 0.25) is 5.02 Å². The van der Waals surface area contributed by atoms with Gasteiger partial charge in [0.25, 0.3) is 11.5 Å². The Bertz CT molecular complexity index is 1060. The number of carbonyl (C=O) groups excluding carboxylic acids is 2. The van der Waals surface area contributed by atoms with Crippen molar-refractivity contribution in [2.75, 3.05) is 6.54 Å². The molecule has 2 heterocycles. The Morgan fingerprint density at radius 1 is 1.19 bits per heavy atom. The number of carbonyl (C=O) groups is 2. The van der Waals surface area contributed by atoms with Crippen molar-refractivity contribution in [3.63, 3.8) is 0 Å². The maximum absolute atomic E-state index is 12.2. The number of esters is 1. The predicted octanol–water partition coefficient (Wildman–Crippen LogP) is 2.13. The number of aryl methyl sites for hydroxylation is 1. The van der Waals surface area contributed by atoms with Crippen molar-refractivity contribution in [1.82, 2.24) is 14.7 Å². The van der Waals surface area contributed by atoms with Crippen molar-refractivity contribution in [1.29, 1.82) is 0 Å². The monoisotopic (exact) mass is 385 g/mol.